The first-order valence-corrected chi connectivity index (χ1v) is 10.8. The highest BCUT2D eigenvalue weighted by molar-refractivity contribution is 6.00. The number of urea groups is 1. The van der Waals surface area contributed by atoms with E-state index in [1.54, 1.807) is 37.3 Å². The fourth-order valence-electron chi connectivity index (χ4n) is 3.36. The van der Waals surface area contributed by atoms with E-state index in [-0.39, 0.29) is 12.1 Å². The fraction of sp³-hybridized carbons (Fsp3) is 0.360. The van der Waals surface area contributed by atoms with Crippen molar-refractivity contribution in [1.29, 1.82) is 0 Å². The standard InChI is InChI=1S/C25H31N3O5/c1-25(2,3)33-24(30)28-12-10-18(11-13-28)17-6-8-19(9-7-17)26-23(29)27-20-14-21(31-4)16-22(15-20)32-5/h6-10,14-16H,11-13H2,1-5H3,(H2,26,27,29). The Morgan fingerprint density at radius 1 is 0.909 bits per heavy atom. The van der Waals surface area contributed by atoms with Crippen molar-refractivity contribution in [3.63, 3.8) is 0 Å². The van der Waals surface area contributed by atoms with Crippen LogP contribution in [0.2, 0.25) is 0 Å². The molecule has 0 atom stereocenters. The van der Waals surface area contributed by atoms with Crippen molar-refractivity contribution < 1.29 is 23.8 Å². The molecule has 1 aliphatic heterocycles. The highest BCUT2D eigenvalue weighted by Gasteiger charge is 2.23. The van der Waals surface area contributed by atoms with Crippen LogP contribution in [0.4, 0.5) is 21.0 Å². The van der Waals surface area contributed by atoms with E-state index in [2.05, 4.69) is 10.6 Å². The molecule has 0 saturated heterocycles. The third kappa shape index (κ3) is 6.90. The van der Waals surface area contributed by atoms with Crippen molar-refractivity contribution in [2.24, 2.45) is 0 Å². The Balaban J connectivity index is 1.57. The van der Waals surface area contributed by atoms with Gasteiger partial charge in [-0.15, -0.1) is 0 Å². The molecule has 2 aromatic rings. The number of amides is 3. The van der Waals surface area contributed by atoms with E-state index in [9.17, 15) is 9.59 Å². The molecule has 2 aromatic carbocycles. The van der Waals surface area contributed by atoms with Crippen LogP contribution in [0.3, 0.4) is 0 Å². The van der Waals surface area contributed by atoms with Crippen LogP contribution in [0, 0.1) is 0 Å². The van der Waals surface area contributed by atoms with Gasteiger partial charge in [-0.25, -0.2) is 9.59 Å². The summed E-state index contributed by atoms with van der Waals surface area (Å²) < 4.78 is 15.9. The Morgan fingerprint density at radius 3 is 2.03 bits per heavy atom. The molecular formula is C25H31N3O5. The lowest BCUT2D eigenvalue weighted by Crippen LogP contribution is -2.39. The summed E-state index contributed by atoms with van der Waals surface area (Å²) >= 11 is 0. The van der Waals surface area contributed by atoms with E-state index in [1.165, 1.54) is 0 Å². The maximum Gasteiger partial charge on any atom is 0.410 e. The lowest BCUT2D eigenvalue weighted by atomic mass is 9.99. The maximum absolute atomic E-state index is 12.4. The van der Waals surface area contributed by atoms with Gasteiger partial charge in [0.05, 0.1) is 14.2 Å². The number of nitrogens with zero attached hydrogens (tertiary/aromatic N) is 1. The lowest BCUT2D eigenvalue weighted by Gasteiger charge is -2.29. The number of carbonyl (C=O) groups excluding carboxylic acids is 2. The molecule has 0 aliphatic carbocycles. The summed E-state index contributed by atoms with van der Waals surface area (Å²) in [7, 11) is 3.11. The summed E-state index contributed by atoms with van der Waals surface area (Å²) in [6.45, 7) is 6.70. The van der Waals surface area contributed by atoms with Gasteiger partial charge < -0.3 is 29.7 Å². The lowest BCUT2D eigenvalue weighted by molar-refractivity contribution is 0.0270. The second-order valence-corrected chi connectivity index (χ2v) is 8.66. The quantitative estimate of drug-likeness (QED) is 0.635. The fourth-order valence-corrected chi connectivity index (χ4v) is 3.36. The van der Waals surface area contributed by atoms with Gasteiger partial charge in [-0.3, -0.25) is 0 Å². The molecule has 2 N–H and O–H groups in total. The third-order valence-corrected chi connectivity index (χ3v) is 4.98. The van der Waals surface area contributed by atoms with Crippen molar-refractivity contribution in [2.75, 3.05) is 37.9 Å². The molecule has 8 heteroatoms. The van der Waals surface area contributed by atoms with Crippen molar-refractivity contribution in [1.82, 2.24) is 4.90 Å². The first-order chi connectivity index (χ1) is 15.7. The summed E-state index contributed by atoms with van der Waals surface area (Å²) in [4.78, 5) is 26.3. The van der Waals surface area contributed by atoms with Gasteiger partial charge in [0.25, 0.3) is 0 Å². The van der Waals surface area contributed by atoms with Gasteiger partial charge in [0.15, 0.2) is 0 Å². The van der Waals surface area contributed by atoms with Gasteiger partial charge in [-0.1, -0.05) is 18.2 Å². The van der Waals surface area contributed by atoms with E-state index in [1.807, 2.05) is 51.1 Å². The predicted molar refractivity (Wildman–Crippen MR) is 129 cm³/mol. The number of hydrogen-bond acceptors (Lipinski definition) is 5. The second-order valence-electron chi connectivity index (χ2n) is 8.66. The van der Waals surface area contributed by atoms with Crippen LogP contribution >= 0.6 is 0 Å². The van der Waals surface area contributed by atoms with E-state index in [4.69, 9.17) is 14.2 Å². The topological polar surface area (TPSA) is 89.1 Å². The predicted octanol–water partition coefficient (Wildman–Crippen LogP) is 5.37. The van der Waals surface area contributed by atoms with Crippen LogP contribution < -0.4 is 20.1 Å². The third-order valence-electron chi connectivity index (χ3n) is 4.98. The van der Waals surface area contributed by atoms with Crippen molar-refractivity contribution in [3.8, 4) is 11.5 Å². The Morgan fingerprint density at radius 2 is 1.52 bits per heavy atom. The zero-order valence-corrected chi connectivity index (χ0v) is 19.7. The van der Waals surface area contributed by atoms with Crippen molar-refractivity contribution >= 4 is 29.1 Å². The number of methoxy groups -OCH3 is 2. The molecule has 1 aliphatic rings. The van der Waals surface area contributed by atoms with Gasteiger partial charge in [0.1, 0.15) is 17.1 Å². The van der Waals surface area contributed by atoms with Gasteiger partial charge >= 0.3 is 12.1 Å². The minimum Gasteiger partial charge on any atom is -0.497 e. The minimum absolute atomic E-state index is 0.294. The summed E-state index contributed by atoms with van der Waals surface area (Å²) in [6, 6.07) is 12.4. The van der Waals surface area contributed by atoms with E-state index in [0.717, 1.165) is 17.6 Å². The number of nitrogens with one attached hydrogen (secondary N) is 2. The second kappa shape index (κ2) is 10.3. The summed E-state index contributed by atoms with van der Waals surface area (Å²) in [5, 5.41) is 5.60. The van der Waals surface area contributed by atoms with Crippen LogP contribution in [0.5, 0.6) is 11.5 Å². The highest BCUT2D eigenvalue weighted by atomic mass is 16.6. The Hall–Kier alpha value is -3.68. The van der Waals surface area contributed by atoms with Crippen molar-refractivity contribution in [3.05, 3.63) is 54.1 Å². The highest BCUT2D eigenvalue weighted by Crippen LogP contribution is 2.27. The molecule has 0 aromatic heterocycles. The minimum atomic E-state index is -0.505. The Bertz CT molecular complexity index is 1000. The number of hydrogen-bond donors (Lipinski definition) is 2. The summed E-state index contributed by atoms with van der Waals surface area (Å²) in [5.41, 5.74) is 2.94. The Labute approximate surface area is 194 Å². The van der Waals surface area contributed by atoms with Gasteiger partial charge in [0.2, 0.25) is 0 Å². The average Bonchev–Trinajstić information content (AvgIpc) is 2.78. The molecule has 8 nitrogen and oxygen atoms in total. The zero-order chi connectivity index (χ0) is 24.0. The molecule has 3 rings (SSSR count). The average molecular weight is 454 g/mol. The largest absolute Gasteiger partial charge is 0.497 e. The molecule has 33 heavy (non-hydrogen) atoms. The van der Waals surface area contributed by atoms with Crippen molar-refractivity contribution in [2.45, 2.75) is 32.8 Å². The molecule has 0 fully saturated rings. The molecule has 176 valence electrons. The zero-order valence-electron chi connectivity index (χ0n) is 19.7. The van der Waals surface area contributed by atoms with Crippen LogP contribution in [0.15, 0.2) is 48.5 Å². The van der Waals surface area contributed by atoms with Gasteiger partial charge in [-0.2, -0.15) is 0 Å². The van der Waals surface area contributed by atoms with Crippen LogP contribution in [0.1, 0.15) is 32.8 Å². The molecule has 0 unspecified atom stereocenters. The number of benzene rings is 2. The monoisotopic (exact) mass is 453 g/mol. The number of carbonyl (C=O) groups is 2. The maximum atomic E-state index is 12.4. The first kappa shape index (κ1) is 24.0. The first-order valence-electron chi connectivity index (χ1n) is 10.8. The van der Waals surface area contributed by atoms with Gasteiger partial charge in [-0.05, 0) is 50.5 Å². The summed E-state index contributed by atoms with van der Waals surface area (Å²) in [5.74, 6) is 1.17. The van der Waals surface area contributed by atoms with Crippen LogP contribution in [-0.2, 0) is 4.74 Å². The number of ether oxygens (including phenoxy) is 3. The van der Waals surface area contributed by atoms with E-state index >= 15 is 0 Å². The van der Waals surface area contributed by atoms with E-state index < -0.39 is 5.60 Å². The smallest absolute Gasteiger partial charge is 0.410 e. The normalized spacial score (nSPS) is 13.6. The molecule has 0 bridgehead atoms. The van der Waals surface area contributed by atoms with E-state index in [0.29, 0.717) is 36.0 Å². The molecular weight excluding hydrogens is 422 g/mol. The van der Waals surface area contributed by atoms with Crippen LogP contribution in [-0.4, -0.2) is 49.9 Å². The summed E-state index contributed by atoms with van der Waals surface area (Å²) in [6.07, 6.45) is 2.49. The van der Waals surface area contributed by atoms with Gasteiger partial charge in [0, 0.05) is 42.7 Å². The molecule has 1 heterocycles. The molecule has 0 spiro atoms. The Kier molecular flexibility index (Phi) is 7.48. The molecule has 0 saturated carbocycles. The number of anilines is 2. The molecule has 3 amide bonds. The van der Waals surface area contributed by atoms with Crippen LogP contribution in [0.25, 0.3) is 5.57 Å². The number of rotatable bonds is 5. The molecule has 0 radical (unpaired) electrons. The SMILES string of the molecule is COc1cc(NC(=O)Nc2ccc(C3=CCN(C(=O)OC(C)(C)C)CC3)cc2)cc(OC)c1.